The summed E-state index contributed by atoms with van der Waals surface area (Å²) in [6.45, 7) is 15.3. The van der Waals surface area contributed by atoms with Crippen LogP contribution in [0, 0.1) is 52.3 Å². The number of hydrogen-bond donors (Lipinski definition) is 0. The van der Waals surface area contributed by atoms with Crippen molar-refractivity contribution in [1.82, 2.24) is 0 Å². The summed E-state index contributed by atoms with van der Waals surface area (Å²) in [5.74, 6) is 6.73. The molecule has 0 aromatic rings. The predicted molar refractivity (Wildman–Crippen MR) is 122 cm³/mol. The molecule has 3 saturated carbocycles. The third-order valence-corrected chi connectivity index (χ3v) is 10.6. The van der Waals surface area contributed by atoms with E-state index in [0.717, 1.165) is 41.4 Å². The fourth-order valence-electron chi connectivity index (χ4n) is 8.87. The lowest BCUT2D eigenvalue weighted by Gasteiger charge is -2.58. The van der Waals surface area contributed by atoms with Crippen molar-refractivity contribution in [2.24, 2.45) is 52.3 Å². The van der Waals surface area contributed by atoms with Crippen LogP contribution in [0.2, 0.25) is 0 Å². The van der Waals surface area contributed by atoms with Gasteiger partial charge in [-0.3, -0.25) is 0 Å². The smallest absolute Gasteiger partial charge is 0.00851 e. The van der Waals surface area contributed by atoms with Gasteiger partial charge in [0.2, 0.25) is 0 Å². The molecule has 0 spiro atoms. The molecule has 0 amide bonds. The van der Waals surface area contributed by atoms with Crippen molar-refractivity contribution in [3.63, 3.8) is 0 Å². The van der Waals surface area contributed by atoms with Crippen LogP contribution in [0.25, 0.3) is 0 Å². The minimum atomic E-state index is 0.553. The van der Waals surface area contributed by atoms with Gasteiger partial charge in [-0.15, -0.1) is 0 Å². The SMILES string of the molecule is CC(C)CCC[C@@H](C)C1CC[C@H]2C3CC=C4C[C@@H](C)CCC4(C)C3CCC12C. The second-order valence-corrected chi connectivity index (χ2v) is 12.6. The van der Waals surface area contributed by atoms with Gasteiger partial charge in [0, 0.05) is 0 Å². The summed E-state index contributed by atoms with van der Waals surface area (Å²) in [6, 6.07) is 0. The van der Waals surface area contributed by atoms with Crippen LogP contribution in [0.1, 0.15) is 112 Å². The van der Waals surface area contributed by atoms with Gasteiger partial charge in [-0.25, -0.2) is 0 Å². The standard InChI is InChI=1S/C28H48/c1-19(2)8-7-9-21(4)24-12-13-25-23-11-10-22-18-20(3)14-16-27(22,5)26(23)15-17-28(24,25)6/h10,19-21,23-26H,7-9,11-18H2,1-6H3/t20-,21+,23?,24?,25-,26?,27?,28?/m0/s1. The average Bonchev–Trinajstić information content (AvgIpc) is 2.99. The molecular weight excluding hydrogens is 336 g/mol. The Balaban J connectivity index is 1.49. The Hall–Kier alpha value is -0.260. The van der Waals surface area contributed by atoms with E-state index in [1.165, 1.54) is 70.6 Å². The summed E-state index contributed by atoms with van der Waals surface area (Å²) in [6.07, 6.45) is 19.0. The Morgan fingerprint density at radius 1 is 0.964 bits per heavy atom. The predicted octanol–water partition coefficient (Wildman–Crippen LogP) is 8.66. The molecule has 3 fully saturated rings. The van der Waals surface area contributed by atoms with Crippen LogP contribution in [0.3, 0.4) is 0 Å². The summed E-state index contributed by atoms with van der Waals surface area (Å²) >= 11 is 0. The van der Waals surface area contributed by atoms with Crippen LogP contribution < -0.4 is 0 Å². The van der Waals surface area contributed by atoms with E-state index in [1.54, 1.807) is 0 Å². The van der Waals surface area contributed by atoms with Gasteiger partial charge in [-0.05, 0) is 104 Å². The fourth-order valence-corrected chi connectivity index (χ4v) is 8.87. The van der Waals surface area contributed by atoms with Crippen LogP contribution >= 0.6 is 0 Å². The Labute approximate surface area is 176 Å². The Morgan fingerprint density at radius 2 is 1.75 bits per heavy atom. The number of hydrogen-bond acceptors (Lipinski definition) is 0. The van der Waals surface area contributed by atoms with Gasteiger partial charge in [0.05, 0.1) is 0 Å². The second-order valence-electron chi connectivity index (χ2n) is 12.6. The molecule has 0 heterocycles. The van der Waals surface area contributed by atoms with Gasteiger partial charge in [-0.1, -0.05) is 72.5 Å². The van der Waals surface area contributed by atoms with Crippen molar-refractivity contribution in [2.45, 2.75) is 112 Å². The first-order chi connectivity index (χ1) is 13.3. The molecule has 0 aromatic carbocycles. The van der Waals surface area contributed by atoms with E-state index >= 15 is 0 Å². The van der Waals surface area contributed by atoms with Gasteiger partial charge in [0.1, 0.15) is 0 Å². The molecule has 0 N–H and O–H groups in total. The van der Waals surface area contributed by atoms with Gasteiger partial charge < -0.3 is 0 Å². The van der Waals surface area contributed by atoms with E-state index in [2.05, 4.69) is 47.6 Å². The zero-order chi connectivity index (χ0) is 20.1. The Morgan fingerprint density at radius 3 is 2.50 bits per heavy atom. The summed E-state index contributed by atoms with van der Waals surface area (Å²) in [5, 5.41) is 0. The van der Waals surface area contributed by atoms with Crippen molar-refractivity contribution >= 4 is 0 Å². The van der Waals surface area contributed by atoms with E-state index in [0.29, 0.717) is 10.8 Å². The summed E-state index contributed by atoms with van der Waals surface area (Å²) in [4.78, 5) is 0. The summed E-state index contributed by atoms with van der Waals surface area (Å²) in [7, 11) is 0. The molecule has 5 unspecified atom stereocenters. The molecule has 0 bridgehead atoms. The average molecular weight is 385 g/mol. The number of fused-ring (bicyclic) bond motifs is 5. The van der Waals surface area contributed by atoms with Gasteiger partial charge in [0.25, 0.3) is 0 Å². The quantitative estimate of drug-likeness (QED) is 0.416. The zero-order valence-electron chi connectivity index (χ0n) is 19.9. The van der Waals surface area contributed by atoms with Crippen molar-refractivity contribution in [3.8, 4) is 0 Å². The lowest BCUT2D eigenvalue weighted by atomic mass is 9.46. The first-order valence-corrected chi connectivity index (χ1v) is 12.9. The maximum absolute atomic E-state index is 2.75. The maximum Gasteiger partial charge on any atom is -0.00851 e. The van der Waals surface area contributed by atoms with E-state index in [1.807, 2.05) is 5.57 Å². The van der Waals surface area contributed by atoms with Crippen LogP contribution in [-0.2, 0) is 0 Å². The molecule has 8 atom stereocenters. The van der Waals surface area contributed by atoms with Crippen molar-refractivity contribution in [2.75, 3.05) is 0 Å². The Kier molecular flexibility index (Phi) is 5.83. The molecule has 0 nitrogen and oxygen atoms in total. The van der Waals surface area contributed by atoms with Crippen molar-refractivity contribution in [1.29, 1.82) is 0 Å². The van der Waals surface area contributed by atoms with Crippen LogP contribution in [-0.4, -0.2) is 0 Å². The lowest BCUT2D eigenvalue weighted by Crippen LogP contribution is -2.50. The molecule has 0 saturated heterocycles. The zero-order valence-corrected chi connectivity index (χ0v) is 19.9. The molecule has 0 aromatic heterocycles. The van der Waals surface area contributed by atoms with E-state index in [-0.39, 0.29) is 0 Å². The molecule has 0 aliphatic heterocycles. The van der Waals surface area contributed by atoms with Crippen molar-refractivity contribution in [3.05, 3.63) is 11.6 Å². The molecular formula is C28H48. The van der Waals surface area contributed by atoms with E-state index in [4.69, 9.17) is 0 Å². The lowest BCUT2D eigenvalue weighted by molar-refractivity contribution is -0.0523. The molecule has 4 rings (SSSR count). The van der Waals surface area contributed by atoms with E-state index < -0.39 is 0 Å². The summed E-state index contributed by atoms with van der Waals surface area (Å²) < 4.78 is 0. The molecule has 4 aliphatic rings. The van der Waals surface area contributed by atoms with E-state index in [9.17, 15) is 0 Å². The van der Waals surface area contributed by atoms with Crippen LogP contribution in [0.15, 0.2) is 11.6 Å². The molecule has 28 heavy (non-hydrogen) atoms. The topological polar surface area (TPSA) is 0 Å². The third-order valence-electron chi connectivity index (χ3n) is 10.6. The van der Waals surface area contributed by atoms with Gasteiger partial charge in [-0.2, -0.15) is 0 Å². The fraction of sp³-hybridized carbons (Fsp3) is 0.929. The highest BCUT2D eigenvalue weighted by Gasteiger charge is 2.58. The third kappa shape index (κ3) is 3.43. The highest BCUT2D eigenvalue weighted by atomic mass is 14.6. The van der Waals surface area contributed by atoms with Crippen LogP contribution in [0.4, 0.5) is 0 Å². The minimum Gasteiger partial charge on any atom is -0.0845 e. The first-order valence-electron chi connectivity index (χ1n) is 12.9. The molecule has 160 valence electrons. The largest absolute Gasteiger partial charge is 0.0845 e. The van der Waals surface area contributed by atoms with Gasteiger partial charge >= 0.3 is 0 Å². The number of allylic oxidation sites excluding steroid dienone is 2. The summed E-state index contributed by atoms with van der Waals surface area (Å²) in [5.41, 5.74) is 3.06. The highest BCUT2D eigenvalue weighted by molar-refractivity contribution is 5.25. The normalized spacial score (nSPS) is 46.5. The second kappa shape index (κ2) is 7.77. The Bertz CT molecular complexity index is 585. The minimum absolute atomic E-state index is 0.553. The molecule has 0 heteroatoms. The maximum atomic E-state index is 2.75. The molecule has 4 aliphatic carbocycles. The highest BCUT2D eigenvalue weighted by Crippen LogP contribution is 2.67. The van der Waals surface area contributed by atoms with Crippen molar-refractivity contribution < 1.29 is 0 Å². The van der Waals surface area contributed by atoms with Crippen LogP contribution in [0.5, 0.6) is 0 Å². The molecule has 0 radical (unpaired) electrons. The van der Waals surface area contributed by atoms with Gasteiger partial charge in [0.15, 0.2) is 0 Å². The first kappa shape index (κ1) is 21.0. The number of rotatable bonds is 5. The monoisotopic (exact) mass is 384 g/mol.